The van der Waals surface area contributed by atoms with E-state index in [-0.39, 0.29) is 0 Å². The maximum absolute atomic E-state index is 12.2. The number of aromatic nitrogens is 4. The highest BCUT2D eigenvalue weighted by Crippen LogP contribution is 2.43. The van der Waals surface area contributed by atoms with Gasteiger partial charge in [0.1, 0.15) is 5.82 Å². The highest BCUT2D eigenvalue weighted by Gasteiger charge is 2.29. The number of pyridine rings is 1. The van der Waals surface area contributed by atoms with Gasteiger partial charge in [-0.1, -0.05) is 24.3 Å². The van der Waals surface area contributed by atoms with Crippen molar-refractivity contribution in [3.05, 3.63) is 72.1 Å². The summed E-state index contributed by atoms with van der Waals surface area (Å²) in [7, 11) is -0.161. The smallest absolute Gasteiger partial charge is 0.229 e. The summed E-state index contributed by atoms with van der Waals surface area (Å²) in [4.78, 5) is 16.5. The van der Waals surface area contributed by atoms with Crippen LogP contribution in [-0.2, 0) is 9.73 Å². The minimum Gasteiger partial charge on any atom is -0.324 e. The Hall–Kier alpha value is -3.56. The lowest BCUT2D eigenvalue weighted by molar-refractivity contribution is 0.370. The average molecular weight is 514 g/mol. The summed E-state index contributed by atoms with van der Waals surface area (Å²) >= 11 is 0. The summed E-state index contributed by atoms with van der Waals surface area (Å²) in [5.74, 6) is 2.20. The zero-order valence-electron chi connectivity index (χ0n) is 21.4. The Morgan fingerprint density at radius 2 is 1.89 bits per heavy atom. The number of likely N-dealkylation sites (N-methyl/N-ethyl adjacent to an activating group) is 1. The molecule has 0 saturated heterocycles. The largest absolute Gasteiger partial charge is 0.324 e. The van der Waals surface area contributed by atoms with Crippen LogP contribution in [0.15, 0.2) is 65.2 Å². The molecule has 1 N–H and O–H groups in total. The van der Waals surface area contributed by atoms with Crippen LogP contribution in [0.1, 0.15) is 36.4 Å². The first kappa shape index (κ1) is 23.8. The maximum Gasteiger partial charge on any atom is 0.229 e. The molecule has 4 heterocycles. The first-order valence-corrected chi connectivity index (χ1v) is 14.9. The number of hydrogen-bond acceptors (Lipinski definition) is 7. The molecule has 0 amide bonds. The molecule has 1 saturated carbocycles. The second-order valence-electron chi connectivity index (χ2n) is 10.2. The van der Waals surface area contributed by atoms with Gasteiger partial charge < -0.3 is 10.2 Å². The normalized spacial score (nSPS) is 16.6. The van der Waals surface area contributed by atoms with Crippen LogP contribution in [0.4, 0.5) is 17.5 Å². The highest BCUT2D eigenvalue weighted by atomic mass is 32.2. The van der Waals surface area contributed by atoms with Crippen LogP contribution < -0.4 is 5.32 Å². The monoisotopic (exact) mass is 513 g/mol. The van der Waals surface area contributed by atoms with Crippen LogP contribution >= 0.6 is 0 Å². The Balaban J connectivity index is 1.34. The molecule has 1 aromatic carbocycles. The summed E-state index contributed by atoms with van der Waals surface area (Å²) in [5, 5.41) is 4.34. The lowest BCUT2D eigenvalue weighted by Gasteiger charge is -2.22. The highest BCUT2D eigenvalue weighted by molar-refractivity contribution is 7.92. The van der Waals surface area contributed by atoms with Gasteiger partial charge in [0.05, 0.1) is 0 Å². The fraction of sp³-hybridized carbons (Fsp3) is 0.321. The van der Waals surface area contributed by atoms with Gasteiger partial charge in [-0.2, -0.15) is 9.35 Å². The van der Waals surface area contributed by atoms with Crippen molar-refractivity contribution >= 4 is 43.8 Å². The molecule has 2 aliphatic rings. The van der Waals surface area contributed by atoms with Gasteiger partial charge in [0.25, 0.3) is 0 Å². The van der Waals surface area contributed by atoms with E-state index in [9.17, 15) is 4.21 Å². The van der Waals surface area contributed by atoms with Crippen molar-refractivity contribution in [3.63, 3.8) is 0 Å². The van der Waals surface area contributed by atoms with E-state index in [1.807, 2.05) is 18.3 Å². The maximum atomic E-state index is 12.2. The van der Waals surface area contributed by atoms with Crippen LogP contribution in [0, 0.1) is 0 Å². The summed E-state index contributed by atoms with van der Waals surface area (Å²) in [5.41, 5.74) is 5.58. The van der Waals surface area contributed by atoms with Gasteiger partial charge in [-0.3, -0.25) is 4.57 Å². The molecule has 1 fully saturated rings. The molecule has 1 aliphatic carbocycles. The van der Waals surface area contributed by atoms with E-state index in [4.69, 9.17) is 9.97 Å². The lowest BCUT2D eigenvalue weighted by atomic mass is 9.99. The zero-order chi connectivity index (χ0) is 25.6. The van der Waals surface area contributed by atoms with Crippen molar-refractivity contribution in [1.29, 1.82) is 0 Å². The van der Waals surface area contributed by atoms with Gasteiger partial charge in [-0.05, 0) is 73.7 Å². The van der Waals surface area contributed by atoms with E-state index in [0.717, 1.165) is 54.9 Å². The topological polar surface area (TPSA) is 88.3 Å². The number of nitrogens with one attached hydrogen (secondary N) is 1. The average Bonchev–Trinajstić information content (AvgIpc) is 3.64. The first-order chi connectivity index (χ1) is 17.8. The van der Waals surface area contributed by atoms with E-state index >= 15 is 0 Å². The Kier molecular flexibility index (Phi) is 6.04. The Morgan fingerprint density at radius 1 is 1.08 bits per heavy atom. The third-order valence-corrected chi connectivity index (χ3v) is 7.38. The molecule has 0 spiro atoms. The molecule has 1 aliphatic heterocycles. The molecular weight excluding hydrogens is 482 g/mol. The summed E-state index contributed by atoms with van der Waals surface area (Å²) in [6.45, 7) is 2.08. The van der Waals surface area contributed by atoms with E-state index in [1.54, 1.807) is 18.6 Å². The van der Waals surface area contributed by atoms with Crippen LogP contribution in [0.5, 0.6) is 0 Å². The number of hydrogen-bond donors (Lipinski definition) is 1. The Morgan fingerprint density at radius 3 is 2.59 bits per heavy atom. The van der Waals surface area contributed by atoms with Gasteiger partial charge in [0.2, 0.25) is 5.95 Å². The minimum atomic E-state index is -2.31. The molecule has 8 nitrogen and oxygen atoms in total. The molecule has 37 heavy (non-hydrogen) atoms. The molecule has 3 aromatic heterocycles. The fourth-order valence-corrected chi connectivity index (χ4v) is 5.28. The zero-order valence-corrected chi connectivity index (χ0v) is 22.2. The van der Waals surface area contributed by atoms with Gasteiger partial charge in [-0.15, -0.1) is 0 Å². The van der Waals surface area contributed by atoms with Crippen molar-refractivity contribution in [2.45, 2.75) is 25.2 Å². The van der Waals surface area contributed by atoms with Crippen molar-refractivity contribution in [1.82, 2.24) is 24.4 Å². The predicted octanol–water partition coefficient (Wildman–Crippen LogP) is 5.51. The second-order valence-corrected chi connectivity index (χ2v) is 12.8. The van der Waals surface area contributed by atoms with Crippen LogP contribution in [-0.4, -0.2) is 61.3 Å². The van der Waals surface area contributed by atoms with Crippen molar-refractivity contribution < 1.29 is 4.21 Å². The van der Waals surface area contributed by atoms with E-state index in [2.05, 4.69) is 67.6 Å². The second kappa shape index (κ2) is 9.39. The van der Waals surface area contributed by atoms with Crippen LogP contribution in [0.25, 0.3) is 22.4 Å². The molecule has 190 valence electrons. The molecule has 6 rings (SSSR count). The molecule has 9 heteroatoms. The van der Waals surface area contributed by atoms with Gasteiger partial charge >= 0.3 is 0 Å². The SMILES string of the molecule is CN1CC=C(c2ccc(Nc3ncc4cc(C5CC5)n(-c5cccc(N=S(C)(C)=O)n5)c4n3)cc2)CC1. The van der Waals surface area contributed by atoms with Gasteiger partial charge in [0, 0.05) is 58.3 Å². The van der Waals surface area contributed by atoms with Gasteiger partial charge in [0.15, 0.2) is 11.5 Å². The standard InChI is InChI=1S/C28H31N7OS/c1-34-15-13-20(14-16-34)19-9-11-23(12-10-19)30-28-29-18-22-17-24(21-7-8-21)35(27(22)32-28)26-6-4-5-25(31-26)33-37(2,3)36/h4-6,9-13,17-18,21H,7-8,14-16H2,1-3H3,(H,29,30,32). The Bertz CT molecular complexity index is 1620. The minimum absolute atomic E-state index is 0.461. The molecule has 0 bridgehead atoms. The summed E-state index contributed by atoms with van der Waals surface area (Å²) in [6.07, 6.45) is 10.8. The van der Waals surface area contributed by atoms with Crippen LogP contribution in [0.2, 0.25) is 0 Å². The third kappa shape index (κ3) is 5.28. The van der Waals surface area contributed by atoms with Gasteiger partial charge in [-0.25, -0.2) is 14.2 Å². The molecule has 0 radical (unpaired) electrons. The van der Waals surface area contributed by atoms with Crippen molar-refractivity contribution in [2.75, 3.05) is 38.0 Å². The van der Waals surface area contributed by atoms with E-state index < -0.39 is 9.73 Å². The van der Waals surface area contributed by atoms with Crippen LogP contribution in [0.3, 0.4) is 0 Å². The first-order valence-electron chi connectivity index (χ1n) is 12.6. The number of benzene rings is 1. The fourth-order valence-electron chi connectivity index (χ4n) is 4.73. The van der Waals surface area contributed by atoms with E-state index in [1.165, 1.54) is 16.8 Å². The predicted molar refractivity (Wildman–Crippen MR) is 151 cm³/mol. The Labute approximate surface area is 217 Å². The molecule has 0 unspecified atom stereocenters. The third-order valence-electron chi connectivity index (χ3n) is 6.75. The molecule has 0 atom stereocenters. The summed E-state index contributed by atoms with van der Waals surface area (Å²) in [6, 6.07) is 16.3. The van der Waals surface area contributed by atoms with Crippen molar-refractivity contribution in [3.8, 4) is 5.82 Å². The van der Waals surface area contributed by atoms with Crippen molar-refractivity contribution in [2.24, 2.45) is 4.36 Å². The number of fused-ring (bicyclic) bond motifs is 1. The lowest BCUT2D eigenvalue weighted by Crippen LogP contribution is -2.23. The molecular formula is C28H31N7OS. The molecule has 4 aromatic rings. The quantitative estimate of drug-likeness (QED) is 0.366. The van der Waals surface area contributed by atoms with E-state index in [0.29, 0.717) is 17.7 Å². The number of rotatable bonds is 6. The number of anilines is 2. The number of nitrogens with zero attached hydrogens (tertiary/aromatic N) is 6. The summed E-state index contributed by atoms with van der Waals surface area (Å²) < 4.78 is 18.6.